The predicted octanol–water partition coefficient (Wildman–Crippen LogP) is 2.93. The number of aliphatic hydroxyl groups excluding tert-OH is 1. The van der Waals surface area contributed by atoms with Crippen molar-refractivity contribution < 1.29 is 24.1 Å². The first-order chi connectivity index (χ1) is 16.4. The third-order valence-corrected chi connectivity index (χ3v) is 7.59. The summed E-state index contributed by atoms with van der Waals surface area (Å²) >= 11 is 3.49. The largest absolute Gasteiger partial charge is 0.493 e. The molecule has 0 amide bonds. The summed E-state index contributed by atoms with van der Waals surface area (Å²) < 4.78 is 17.5. The molecular formula is C25H28BrN3O5. The summed E-state index contributed by atoms with van der Waals surface area (Å²) in [6, 6.07) is 11.8. The lowest BCUT2D eigenvalue weighted by Gasteiger charge is -2.42. The molecular weight excluding hydrogens is 502 g/mol. The molecule has 8 nitrogen and oxygen atoms in total. The van der Waals surface area contributed by atoms with Crippen LogP contribution in [0, 0.1) is 5.92 Å². The van der Waals surface area contributed by atoms with Crippen molar-refractivity contribution >= 4 is 21.7 Å². The van der Waals surface area contributed by atoms with E-state index in [9.17, 15) is 9.90 Å². The number of fused-ring (bicyclic) bond motifs is 1. The Balaban J connectivity index is 1.56. The summed E-state index contributed by atoms with van der Waals surface area (Å²) in [6.45, 7) is 0. The van der Waals surface area contributed by atoms with Crippen molar-refractivity contribution in [3.8, 4) is 17.2 Å². The second-order valence-electron chi connectivity index (χ2n) is 8.84. The van der Waals surface area contributed by atoms with Crippen LogP contribution in [-0.4, -0.2) is 44.6 Å². The lowest BCUT2D eigenvalue weighted by molar-refractivity contribution is -0.117. The molecule has 0 saturated carbocycles. The van der Waals surface area contributed by atoms with Gasteiger partial charge in [-0.1, -0.05) is 28.1 Å². The molecule has 3 unspecified atom stereocenters. The number of nitrogens with one attached hydrogen (secondary N) is 3. The number of rotatable bonds is 5. The smallest absolute Gasteiger partial charge is 0.203 e. The summed E-state index contributed by atoms with van der Waals surface area (Å²) in [5.41, 5.74) is 9.72. The molecule has 0 bridgehead atoms. The second kappa shape index (κ2) is 9.22. The average molecular weight is 530 g/mol. The van der Waals surface area contributed by atoms with Crippen molar-refractivity contribution in [3.63, 3.8) is 0 Å². The Morgan fingerprint density at radius 3 is 2.24 bits per heavy atom. The molecule has 0 aromatic heterocycles. The van der Waals surface area contributed by atoms with E-state index >= 15 is 0 Å². The SMILES string of the molecule is COc1cc([C@H]2CC(=O)C3=C(C2)NC2NNC(O)C2[C@@H]3c2ccc(Br)cc2)cc(OC)c1OC. The van der Waals surface area contributed by atoms with E-state index in [1.165, 1.54) is 0 Å². The summed E-state index contributed by atoms with van der Waals surface area (Å²) in [5, 5.41) is 14.2. The molecule has 34 heavy (non-hydrogen) atoms. The van der Waals surface area contributed by atoms with Gasteiger partial charge in [0.25, 0.3) is 0 Å². The molecule has 1 saturated heterocycles. The zero-order valence-electron chi connectivity index (χ0n) is 19.2. The zero-order chi connectivity index (χ0) is 24.0. The van der Waals surface area contributed by atoms with Gasteiger partial charge in [-0.05, 0) is 47.7 Å². The van der Waals surface area contributed by atoms with E-state index in [0.29, 0.717) is 30.1 Å². The highest BCUT2D eigenvalue weighted by molar-refractivity contribution is 9.10. The Bertz CT molecular complexity index is 1110. The molecule has 2 aromatic carbocycles. The van der Waals surface area contributed by atoms with Gasteiger partial charge in [-0.15, -0.1) is 0 Å². The number of ether oxygens (including phenoxy) is 3. The minimum Gasteiger partial charge on any atom is -0.493 e. The molecule has 180 valence electrons. The number of Topliss-reactive ketones (excluding diaryl/α,β-unsaturated/α-hetero) is 1. The maximum atomic E-state index is 13.7. The summed E-state index contributed by atoms with van der Waals surface area (Å²) in [5.74, 6) is 1.25. The van der Waals surface area contributed by atoms with Crippen LogP contribution in [0.15, 0.2) is 52.1 Å². The van der Waals surface area contributed by atoms with Crippen molar-refractivity contribution in [2.45, 2.75) is 37.1 Å². The highest BCUT2D eigenvalue weighted by Gasteiger charge is 2.49. The van der Waals surface area contributed by atoms with Gasteiger partial charge in [0.05, 0.1) is 27.5 Å². The van der Waals surface area contributed by atoms with Crippen LogP contribution in [0.3, 0.4) is 0 Å². The van der Waals surface area contributed by atoms with Gasteiger partial charge in [-0.3, -0.25) is 4.79 Å². The Labute approximate surface area is 206 Å². The molecule has 2 aliphatic heterocycles. The molecule has 0 radical (unpaired) electrons. The predicted molar refractivity (Wildman–Crippen MR) is 130 cm³/mol. The summed E-state index contributed by atoms with van der Waals surface area (Å²) in [4.78, 5) is 13.7. The molecule has 1 fully saturated rings. The zero-order valence-corrected chi connectivity index (χ0v) is 20.8. The van der Waals surface area contributed by atoms with E-state index in [1.807, 2.05) is 36.4 Å². The quantitative estimate of drug-likeness (QED) is 0.469. The maximum Gasteiger partial charge on any atom is 0.203 e. The van der Waals surface area contributed by atoms with Gasteiger partial charge in [0, 0.05) is 34.0 Å². The fourth-order valence-corrected chi connectivity index (χ4v) is 5.76. The number of halogens is 1. The molecule has 4 N–H and O–H groups in total. The molecule has 3 aliphatic rings. The van der Waals surface area contributed by atoms with Crippen LogP contribution in [0.5, 0.6) is 17.2 Å². The summed E-state index contributed by atoms with van der Waals surface area (Å²) in [6.07, 6.45) is 0.0450. The third kappa shape index (κ3) is 3.86. The minimum atomic E-state index is -0.777. The van der Waals surface area contributed by atoms with E-state index < -0.39 is 6.23 Å². The van der Waals surface area contributed by atoms with Crippen LogP contribution in [0.1, 0.15) is 35.8 Å². The minimum absolute atomic E-state index is 0.0474. The number of benzene rings is 2. The van der Waals surface area contributed by atoms with E-state index in [2.05, 4.69) is 32.1 Å². The molecule has 5 atom stereocenters. The van der Waals surface area contributed by atoms with Crippen molar-refractivity contribution in [2.24, 2.45) is 5.92 Å². The van der Waals surface area contributed by atoms with Crippen LogP contribution < -0.4 is 30.4 Å². The average Bonchev–Trinajstić information content (AvgIpc) is 3.22. The molecule has 9 heteroatoms. The highest BCUT2D eigenvalue weighted by Crippen LogP contribution is 2.49. The van der Waals surface area contributed by atoms with Crippen molar-refractivity contribution in [2.75, 3.05) is 21.3 Å². The van der Waals surface area contributed by atoms with Gasteiger partial charge in [-0.25, -0.2) is 10.9 Å². The monoisotopic (exact) mass is 529 g/mol. The molecule has 5 rings (SSSR count). The number of hydrogen-bond donors (Lipinski definition) is 4. The van der Waals surface area contributed by atoms with E-state index in [1.54, 1.807) is 21.3 Å². The fraction of sp³-hybridized carbons (Fsp3) is 0.400. The topological polar surface area (TPSA) is 101 Å². The Kier molecular flexibility index (Phi) is 6.28. The lowest BCUT2D eigenvalue weighted by Crippen LogP contribution is -2.51. The number of hydrogen-bond acceptors (Lipinski definition) is 8. The van der Waals surface area contributed by atoms with Crippen LogP contribution in [0.4, 0.5) is 0 Å². The second-order valence-corrected chi connectivity index (χ2v) is 9.76. The number of ketones is 1. The standard InChI is InChI=1S/C25H28BrN3O5/c1-32-18-10-14(11-19(33-2)23(18)34-3)13-8-16-21(17(30)9-13)20(12-4-6-15(26)7-5-12)22-24(27-16)28-29-25(22)31/h4-7,10-11,13,20,22,24-25,27-29,31H,8-9H2,1-3H3/t13-,20-,22?,24?,25?/m1/s1. The van der Waals surface area contributed by atoms with Crippen molar-refractivity contribution in [1.82, 2.24) is 16.2 Å². The van der Waals surface area contributed by atoms with Crippen LogP contribution >= 0.6 is 15.9 Å². The normalized spacial score (nSPS) is 28.1. The van der Waals surface area contributed by atoms with Crippen LogP contribution in [-0.2, 0) is 4.79 Å². The number of allylic oxidation sites excluding steroid dienone is 2. The number of carbonyl (C=O) groups excluding carboxylic acids is 1. The van der Waals surface area contributed by atoms with E-state index in [-0.39, 0.29) is 29.7 Å². The molecule has 0 spiro atoms. The van der Waals surface area contributed by atoms with Gasteiger partial charge in [-0.2, -0.15) is 0 Å². The maximum absolute atomic E-state index is 13.7. The summed E-state index contributed by atoms with van der Waals surface area (Å²) in [7, 11) is 4.75. The van der Waals surface area contributed by atoms with Crippen LogP contribution in [0.25, 0.3) is 0 Å². The van der Waals surface area contributed by atoms with Gasteiger partial charge < -0.3 is 24.6 Å². The third-order valence-electron chi connectivity index (χ3n) is 7.06. The van der Waals surface area contributed by atoms with Gasteiger partial charge >= 0.3 is 0 Å². The number of hydrazine groups is 1. The number of aliphatic hydroxyl groups is 1. The molecule has 2 aromatic rings. The Hall–Kier alpha value is -2.59. The first kappa shape index (κ1) is 23.2. The van der Waals surface area contributed by atoms with Gasteiger partial charge in [0.15, 0.2) is 17.3 Å². The lowest BCUT2D eigenvalue weighted by atomic mass is 9.69. The first-order valence-corrected chi connectivity index (χ1v) is 12.0. The first-order valence-electron chi connectivity index (χ1n) is 11.2. The van der Waals surface area contributed by atoms with Crippen molar-refractivity contribution in [3.05, 3.63) is 63.3 Å². The fourth-order valence-electron chi connectivity index (χ4n) is 5.50. The number of methoxy groups -OCH3 is 3. The van der Waals surface area contributed by atoms with Gasteiger partial charge in [0.1, 0.15) is 6.23 Å². The van der Waals surface area contributed by atoms with Crippen molar-refractivity contribution in [1.29, 1.82) is 0 Å². The number of carbonyl (C=O) groups is 1. The van der Waals surface area contributed by atoms with E-state index in [0.717, 1.165) is 26.9 Å². The molecule has 1 aliphatic carbocycles. The highest BCUT2D eigenvalue weighted by atomic mass is 79.9. The molecule has 2 heterocycles. The Morgan fingerprint density at radius 1 is 0.941 bits per heavy atom. The van der Waals surface area contributed by atoms with E-state index in [4.69, 9.17) is 14.2 Å². The van der Waals surface area contributed by atoms with Crippen LogP contribution in [0.2, 0.25) is 0 Å². The van der Waals surface area contributed by atoms with Gasteiger partial charge in [0.2, 0.25) is 5.75 Å². The Morgan fingerprint density at radius 2 is 1.62 bits per heavy atom.